The lowest BCUT2D eigenvalue weighted by atomic mass is 9.92. The van der Waals surface area contributed by atoms with Crippen LogP contribution in [0.15, 0.2) is 22.6 Å². The number of aryl methyl sites for hydroxylation is 1. The van der Waals surface area contributed by atoms with Crippen molar-refractivity contribution >= 4 is 16.8 Å². The van der Waals surface area contributed by atoms with Gasteiger partial charge in [0.2, 0.25) is 0 Å². The molecule has 0 spiro atoms. The highest BCUT2D eigenvalue weighted by Gasteiger charge is 2.18. The molecule has 1 aromatic carbocycles. The maximum Gasteiger partial charge on any atom is 0.192 e. The summed E-state index contributed by atoms with van der Waals surface area (Å²) >= 11 is 0. The van der Waals surface area contributed by atoms with Crippen LogP contribution in [-0.2, 0) is 0 Å². The summed E-state index contributed by atoms with van der Waals surface area (Å²) < 4.78 is 5.54. The Balaban J connectivity index is 1.74. The highest BCUT2D eigenvalue weighted by molar-refractivity contribution is 5.77. The molecule has 1 heterocycles. The third-order valence-corrected chi connectivity index (χ3v) is 3.64. The van der Waals surface area contributed by atoms with E-state index in [9.17, 15) is 0 Å². The minimum atomic E-state index is 0.391. The van der Waals surface area contributed by atoms with Gasteiger partial charge in [-0.15, -0.1) is 0 Å². The number of fused-ring (bicyclic) bond motifs is 1. The van der Waals surface area contributed by atoms with Crippen LogP contribution in [0.25, 0.3) is 11.1 Å². The maximum absolute atomic E-state index is 5.92. The standard InChI is InChI=1S/C14H19N3O/c1-9-16-13-7-6-12(8-14(13)18-9)17-11-4-2-10(15)3-5-11/h6-8,10-11,17H,2-5,15H2,1H3. The van der Waals surface area contributed by atoms with Crippen molar-refractivity contribution in [3.63, 3.8) is 0 Å². The third kappa shape index (κ3) is 2.34. The molecule has 0 aliphatic heterocycles. The topological polar surface area (TPSA) is 64.1 Å². The number of nitrogens with one attached hydrogen (secondary N) is 1. The molecule has 3 N–H and O–H groups in total. The fourth-order valence-corrected chi connectivity index (χ4v) is 2.63. The van der Waals surface area contributed by atoms with Gasteiger partial charge in [0, 0.05) is 30.8 Å². The van der Waals surface area contributed by atoms with Crippen molar-refractivity contribution in [2.75, 3.05) is 5.32 Å². The fourth-order valence-electron chi connectivity index (χ4n) is 2.63. The molecule has 96 valence electrons. The zero-order valence-electron chi connectivity index (χ0n) is 10.6. The Bertz CT molecular complexity index is 541. The van der Waals surface area contributed by atoms with Gasteiger partial charge in [0.25, 0.3) is 0 Å². The molecule has 4 nitrogen and oxygen atoms in total. The van der Waals surface area contributed by atoms with Gasteiger partial charge >= 0.3 is 0 Å². The molecule has 1 aliphatic rings. The summed E-state index contributed by atoms with van der Waals surface area (Å²) in [5, 5.41) is 3.56. The van der Waals surface area contributed by atoms with Gasteiger partial charge in [-0.05, 0) is 37.8 Å². The van der Waals surface area contributed by atoms with Crippen LogP contribution in [0.3, 0.4) is 0 Å². The van der Waals surface area contributed by atoms with Gasteiger partial charge in [-0.3, -0.25) is 0 Å². The van der Waals surface area contributed by atoms with Gasteiger partial charge in [0.05, 0.1) is 0 Å². The van der Waals surface area contributed by atoms with Crippen molar-refractivity contribution in [3.05, 3.63) is 24.1 Å². The van der Waals surface area contributed by atoms with E-state index in [1.165, 1.54) is 0 Å². The van der Waals surface area contributed by atoms with Crippen LogP contribution in [0.4, 0.5) is 5.69 Å². The number of hydrogen-bond donors (Lipinski definition) is 2. The van der Waals surface area contributed by atoms with E-state index in [0.717, 1.165) is 42.5 Å². The number of nitrogens with zero attached hydrogens (tertiary/aromatic N) is 1. The van der Waals surface area contributed by atoms with Crippen LogP contribution in [0.2, 0.25) is 0 Å². The Labute approximate surface area is 107 Å². The first-order chi connectivity index (χ1) is 8.70. The van der Waals surface area contributed by atoms with Gasteiger partial charge in [-0.2, -0.15) is 0 Å². The first-order valence-electron chi connectivity index (χ1n) is 6.60. The molecular formula is C14H19N3O. The van der Waals surface area contributed by atoms with Crippen molar-refractivity contribution in [2.24, 2.45) is 5.73 Å². The van der Waals surface area contributed by atoms with Crippen LogP contribution in [0, 0.1) is 6.92 Å². The van der Waals surface area contributed by atoms with Crippen molar-refractivity contribution in [2.45, 2.75) is 44.7 Å². The fraction of sp³-hybridized carbons (Fsp3) is 0.500. The normalized spacial score (nSPS) is 24.3. The molecule has 0 atom stereocenters. The Kier molecular flexibility index (Phi) is 2.96. The summed E-state index contributed by atoms with van der Waals surface area (Å²) in [6.07, 6.45) is 4.52. The molecule has 2 aromatic rings. The van der Waals surface area contributed by atoms with Gasteiger partial charge in [0.1, 0.15) is 5.52 Å². The van der Waals surface area contributed by atoms with E-state index in [1.54, 1.807) is 0 Å². The molecule has 0 bridgehead atoms. The van der Waals surface area contributed by atoms with Crippen LogP contribution in [0.1, 0.15) is 31.6 Å². The molecule has 1 aromatic heterocycles. The van der Waals surface area contributed by atoms with E-state index in [0.29, 0.717) is 18.0 Å². The molecule has 1 saturated carbocycles. The number of oxazole rings is 1. The van der Waals surface area contributed by atoms with Crippen LogP contribution in [0.5, 0.6) is 0 Å². The van der Waals surface area contributed by atoms with Gasteiger partial charge in [-0.25, -0.2) is 4.98 Å². The van der Waals surface area contributed by atoms with E-state index < -0.39 is 0 Å². The van der Waals surface area contributed by atoms with E-state index in [2.05, 4.69) is 16.4 Å². The Hall–Kier alpha value is -1.55. The third-order valence-electron chi connectivity index (χ3n) is 3.64. The number of benzene rings is 1. The summed E-state index contributed by atoms with van der Waals surface area (Å²) in [6.45, 7) is 1.87. The molecule has 0 amide bonds. The lowest BCUT2D eigenvalue weighted by Crippen LogP contribution is -2.32. The average molecular weight is 245 g/mol. The number of rotatable bonds is 2. The predicted molar refractivity (Wildman–Crippen MR) is 72.6 cm³/mol. The minimum Gasteiger partial charge on any atom is -0.441 e. The summed E-state index contributed by atoms with van der Waals surface area (Å²) in [5.74, 6) is 0.714. The van der Waals surface area contributed by atoms with Crippen LogP contribution in [-0.4, -0.2) is 17.1 Å². The molecule has 0 radical (unpaired) electrons. The maximum atomic E-state index is 5.92. The highest BCUT2D eigenvalue weighted by Crippen LogP contribution is 2.24. The number of hydrogen-bond acceptors (Lipinski definition) is 4. The van der Waals surface area contributed by atoms with Crippen LogP contribution < -0.4 is 11.1 Å². The van der Waals surface area contributed by atoms with E-state index in [4.69, 9.17) is 10.2 Å². The zero-order chi connectivity index (χ0) is 12.5. The van der Waals surface area contributed by atoms with E-state index in [-0.39, 0.29) is 0 Å². The number of anilines is 1. The smallest absolute Gasteiger partial charge is 0.192 e. The molecule has 1 aliphatic carbocycles. The summed E-state index contributed by atoms with van der Waals surface area (Å²) in [6, 6.07) is 7.03. The Morgan fingerprint density at radius 1 is 1.28 bits per heavy atom. The van der Waals surface area contributed by atoms with Crippen molar-refractivity contribution in [1.29, 1.82) is 0 Å². The Morgan fingerprint density at radius 2 is 2.06 bits per heavy atom. The number of nitrogens with two attached hydrogens (primary N) is 1. The lowest BCUT2D eigenvalue weighted by molar-refractivity contribution is 0.411. The van der Waals surface area contributed by atoms with Crippen molar-refractivity contribution in [3.8, 4) is 0 Å². The molecule has 0 saturated heterocycles. The Morgan fingerprint density at radius 3 is 2.83 bits per heavy atom. The zero-order valence-corrected chi connectivity index (χ0v) is 10.6. The summed E-state index contributed by atoms with van der Waals surface area (Å²) in [7, 11) is 0. The first kappa shape index (κ1) is 11.5. The number of aromatic nitrogens is 1. The highest BCUT2D eigenvalue weighted by atomic mass is 16.3. The van der Waals surface area contributed by atoms with Gasteiger partial charge < -0.3 is 15.5 Å². The first-order valence-corrected chi connectivity index (χ1v) is 6.60. The van der Waals surface area contributed by atoms with E-state index >= 15 is 0 Å². The monoisotopic (exact) mass is 245 g/mol. The van der Waals surface area contributed by atoms with Crippen molar-refractivity contribution in [1.82, 2.24) is 4.98 Å². The quantitative estimate of drug-likeness (QED) is 0.854. The predicted octanol–water partition coefficient (Wildman–Crippen LogP) is 2.82. The minimum absolute atomic E-state index is 0.391. The molecular weight excluding hydrogens is 226 g/mol. The van der Waals surface area contributed by atoms with Gasteiger partial charge in [-0.1, -0.05) is 0 Å². The van der Waals surface area contributed by atoms with Crippen LogP contribution >= 0.6 is 0 Å². The molecule has 18 heavy (non-hydrogen) atoms. The second-order valence-corrected chi connectivity index (χ2v) is 5.17. The van der Waals surface area contributed by atoms with E-state index in [1.807, 2.05) is 19.1 Å². The summed E-state index contributed by atoms with van der Waals surface area (Å²) in [5.41, 5.74) is 8.80. The molecule has 4 heteroatoms. The summed E-state index contributed by atoms with van der Waals surface area (Å²) in [4.78, 5) is 4.30. The van der Waals surface area contributed by atoms with Gasteiger partial charge in [0.15, 0.2) is 11.5 Å². The largest absolute Gasteiger partial charge is 0.441 e. The average Bonchev–Trinajstić information content (AvgIpc) is 2.71. The molecule has 1 fully saturated rings. The molecule has 0 unspecified atom stereocenters. The van der Waals surface area contributed by atoms with Crippen molar-refractivity contribution < 1.29 is 4.42 Å². The SMILES string of the molecule is Cc1nc2ccc(NC3CCC(N)CC3)cc2o1. The molecule has 3 rings (SSSR count). The lowest BCUT2D eigenvalue weighted by Gasteiger charge is -2.27. The second kappa shape index (κ2) is 4.61. The second-order valence-electron chi connectivity index (χ2n) is 5.17.